The molecule has 1 saturated heterocycles. The van der Waals surface area contributed by atoms with E-state index in [2.05, 4.69) is 17.0 Å². The Labute approximate surface area is 130 Å². The summed E-state index contributed by atoms with van der Waals surface area (Å²) in [5.41, 5.74) is 1.91. The molecule has 1 saturated carbocycles. The van der Waals surface area contributed by atoms with Gasteiger partial charge in [0.05, 0.1) is 6.61 Å². The molecule has 1 aliphatic carbocycles. The number of aryl methyl sites for hydroxylation is 1. The van der Waals surface area contributed by atoms with Crippen molar-refractivity contribution in [1.29, 1.82) is 0 Å². The Morgan fingerprint density at radius 1 is 1.32 bits per heavy atom. The van der Waals surface area contributed by atoms with Crippen molar-refractivity contribution in [2.45, 2.75) is 25.3 Å². The fourth-order valence-electron chi connectivity index (χ4n) is 3.43. The predicted molar refractivity (Wildman–Crippen MR) is 85.9 cm³/mol. The Morgan fingerprint density at radius 2 is 2.14 bits per heavy atom. The summed E-state index contributed by atoms with van der Waals surface area (Å²) >= 11 is 0. The molecule has 0 spiro atoms. The van der Waals surface area contributed by atoms with Crippen LogP contribution in [0, 0.1) is 5.92 Å². The first kappa shape index (κ1) is 13.8. The van der Waals surface area contributed by atoms with Gasteiger partial charge in [-0.2, -0.15) is 0 Å². The number of nitrogens with zero attached hydrogens (tertiary/aromatic N) is 2. The van der Waals surface area contributed by atoms with E-state index < -0.39 is 0 Å². The molecule has 2 aliphatic rings. The lowest BCUT2D eigenvalue weighted by molar-refractivity contribution is 0.0697. The van der Waals surface area contributed by atoms with Crippen LogP contribution >= 0.6 is 0 Å². The molecule has 4 rings (SSSR count). The zero-order chi connectivity index (χ0) is 15.1. The lowest BCUT2D eigenvalue weighted by Crippen LogP contribution is -2.38. The fraction of sp³-hybridized carbons (Fsp3) is 0.500. The van der Waals surface area contributed by atoms with E-state index in [0.29, 0.717) is 12.0 Å². The highest BCUT2D eigenvalue weighted by Gasteiger charge is 2.36. The molecule has 0 radical (unpaired) electrons. The van der Waals surface area contributed by atoms with E-state index in [0.717, 1.165) is 55.6 Å². The Morgan fingerprint density at radius 3 is 2.82 bits per heavy atom. The summed E-state index contributed by atoms with van der Waals surface area (Å²) in [5.74, 6) is 0.673. The quantitative estimate of drug-likeness (QED) is 0.870. The van der Waals surface area contributed by atoms with Gasteiger partial charge >= 0.3 is 0 Å². The smallest absolute Gasteiger partial charge is 0.270 e. The maximum atomic E-state index is 13.1. The van der Waals surface area contributed by atoms with Gasteiger partial charge < -0.3 is 14.2 Å². The van der Waals surface area contributed by atoms with Crippen molar-refractivity contribution in [2.75, 3.05) is 19.8 Å². The number of ether oxygens (including phenoxy) is 1. The van der Waals surface area contributed by atoms with E-state index in [1.165, 1.54) is 0 Å². The zero-order valence-electron chi connectivity index (χ0n) is 13.0. The van der Waals surface area contributed by atoms with Crippen molar-refractivity contribution in [3.63, 3.8) is 0 Å². The van der Waals surface area contributed by atoms with E-state index >= 15 is 0 Å². The molecule has 116 valence electrons. The Balaban J connectivity index is 1.63. The Bertz CT molecular complexity index is 696. The van der Waals surface area contributed by atoms with Crippen molar-refractivity contribution in [1.82, 2.24) is 9.47 Å². The first-order chi connectivity index (χ1) is 10.7. The van der Waals surface area contributed by atoms with Crippen LogP contribution < -0.4 is 0 Å². The van der Waals surface area contributed by atoms with Crippen molar-refractivity contribution in [2.24, 2.45) is 13.0 Å². The van der Waals surface area contributed by atoms with Gasteiger partial charge in [-0.15, -0.1) is 0 Å². The van der Waals surface area contributed by atoms with E-state index in [1.54, 1.807) is 0 Å². The van der Waals surface area contributed by atoms with Gasteiger partial charge in [-0.1, -0.05) is 18.2 Å². The highest BCUT2D eigenvalue weighted by Crippen LogP contribution is 2.31. The minimum atomic E-state index is 0.174. The van der Waals surface area contributed by atoms with Gasteiger partial charge in [-0.3, -0.25) is 4.79 Å². The molecule has 0 bridgehead atoms. The maximum absolute atomic E-state index is 13.1. The van der Waals surface area contributed by atoms with Crippen LogP contribution in [0.4, 0.5) is 0 Å². The second-order valence-corrected chi connectivity index (χ2v) is 6.57. The molecule has 1 amide bonds. The number of benzene rings is 1. The van der Waals surface area contributed by atoms with Gasteiger partial charge in [-0.25, -0.2) is 0 Å². The first-order valence-corrected chi connectivity index (χ1v) is 8.17. The molecule has 2 aromatic rings. The summed E-state index contributed by atoms with van der Waals surface area (Å²) in [5, 5.41) is 1.13. The zero-order valence-corrected chi connectivity index (χ0v) is 13.0. The van der Waals surface area contributed by atoms with Gasteiger partial charge in [0.15, 0.2) is 0 Å². The van der Waals surface area contributed by atoms with E-state index in [9.17, 15) is 4.79 Å². The Kier molecular flexibility index (Phi) is 3.41. The van der Waals surface area contributed by atoms with Crippen molar-refractivity contribution >= 4 is 16.8 Å². The van der Waals surface area contributed by atoms with Crippen molar-refractivity contribution < 1.29 is 9.53 Å². The molecule has 4 heteroatoms. The van der Waals surface area contributed by atoms with Crippen LogP contribution in [-0.2, 0) is 11.8 Å². The molecule has 2 fully saturated rings. The highest BCUT2D eigenvalue weighted by atomic mass is 16.5. The number of hydrogen-bond acceptors (Lipinski definition) is 2. The number of rotatable bonds is 4. The van der Waals surface area contributed by atoms with Gasteiger partial charge in [0.25, 0.3) is 5.91 Å². The largest absolute Gasteiger partial charge is 0.381 e. The number of carbonyl (C=O) groups is 1. The first-order valence-electron chi connectivity index (χ1n) is 8.17. The second kappa shape index (κ2) is 5.43. The van der Waals surface area contributed by atoms with Crippen LogP contribution in [0.5, 0.6) is 0 Å². The van der Waals surface area contributed by atoms with Crippen LogP contribution in [-0.4, -0.2) is 41.2 Å². The molecule has 1 aliphatic heterocycles. The average Bonchev–Trinajstić information content (AvgIpc) is 3.14. The minimum absolute atomic E-state index is 0.174. The third-order valence-electron chi connectivity index (χ3n) is 4.90. The summed E-state index contributed by atoms with van der Waals surface area (Å²) in [7, 11) is 1.99. The summed E-state index contributed by atoms with van der Waals surface area (Å²) in [6.07, 6.45) is 3.36. The molecular formula is C18H22N2O2. The maximum Gasteiger partial charge on any atom is 0.270 e. The molecule has 1 unspecified atom stereocenters. The predicted octanol–water partition coefficient (Wildman–Crippen LogP) is 2.82. The SMILES string of the molecule is Cn1c(C(=O)N(CC2CCOC2)C2CC2)cc2ccccc21. The normalized spacial score (nSPS) is 21.4. The topological polar surface area (TPSA) is 34.5 Å². The molecule has 1 aromatic carbocycles. The molecule has 0 N–H and O–H groups in total. The summed E-state index contributed by atoms with van der Waals surface area (Å²) in [6, 6.07) is 10.6. The summed E-state index contributed by atoms with van der Waals surface area (Å²) in [6.45, 7) is 2.47. The molecule has 1 atom stereocenters. The van der Waals surface area contributed by atoms with Crippen LogP contribution in [0.25, 0.3) is 10.9 Å². The molecule has 4 nitrogen and oxygen atoms in total. The lowest BCUT2D eigenvalue weighted by atomic mass is 10.1. The van der Waals surface area contributed by atoms with Crippen LogP contribution in [0.1, 0.15) is 29.8 Å². The number of fused-ring (bicyclic) bond motifs is 1. The molecule has 2 heterocycles. The van der Waals surface area contributed by atoms with Gasteiger partial charge in [0.1, 0.15) is 5.69 Å². The monoisotopic (exact) mass is 298 g/mol. The fourth-order valence-corrected chi connectivity index (χ4v) is 3.43. The summed E-state index contributed by atoms with van der Waals surface area (Å²) in [4.78, 5) is 15.2. The molecular weight excluding hydrogens is 276 g/mol. The second-order valence-electron chi connectivity index (χ2n) is 6.57. The van der Waals surface area contributed by atoms with Gasteiger partial charge in [0, 0.05) is 43.1 Å². The van der Waals surface area contributed by atoms with Crippen LogP contribution in [0.3, 0.4) is 0 Å². The van der Waals surface area contributed by atoms with Crippen LogP contribution in [0.15, 0.2) is 30.3 Å². The number of carbonyl (C=O) groups excluding carboxylic acids is 1. The third kappa shape index (κ3) is 2.41. The van der Waals surface area contributed by atoms with Crippen LogP contribution in [0.2, 0.25) is 0 Å². The van der Waals surface area contributed by atoms with Gasteiger partial charge in [-0.05, 0) is 31.4 Å². The average molecular weight is 298 g/mol. The summed E-state index contributed by atoms with van der Waals surface area (Å²) < 4.78 is 7.50. The molecule has 1 aromatic heterocycles. The number of aromatic nitrogens is 1. The Hall–Kier alpha value is -1.81. The number of para-hydroxylation sites is 1. The van der Waals surface area contributed by atoms with Crippen molar-refractivity contribution in [3.05, 3.63) is 36.0 Å². The number of amides is 1. The van der Waals surface area contributed by atoms with E-state index in [4.69, 9.17) is 4.74 Å². The van der Waals surface area contributed by atoms with Gasteiger partial charge in [0.2, 0.25) is 0 Å². The van der Waals surface area contributed by atoms with Crippen molar-refractivity contribution in [3.8, 4) is 0 Å². The van der Waals surface area contributed by atoms with E-state index in [1.807, 2.05) is 29.8 Å². The minimum Gasteiger partial charge on any atom is -0.381 e. The molecule has 22 heavy (non-hydrogen) atoms. The highest BCUT2D eigenvalue weighted by molar-refractivity contribution is 5.99. The standard InChI is InChI=1S/C18H22N2O2/c1-19-16-5-3-2-4-14(16)10-17(19)18(21)20(15-6-7-15)11-13-8-9-22-12-13/h2-5,10,13,15H,6-9,11-12H2,1H3. The third-order valence-corrected chi connectivity index (χ3v) is 4.90. The number of hydrogen-bond donors (Lipinski definition) is 0. The van der Waals surface area contributed by atoms with E-state index in [-0.39, 0.29) is 5.91 Å². The lowest BCUT2D eigenvalue weighted by Gasteiger charge is -2.25.